The highest BCUT2D eigenvalue weighted by Crippen LogP contribution is 2.35. The second kappa shape index (κ2) is 8.87. The molecule has 1 aliphatic carbocycles. The number of carbonyl (C=O) groups is 1. The van der Waals surface area contributed by atoms with E-state index in [9.17, 15) is 9.59 Å². The normalized spacial score (nSPS) is 15.5. The summed E-state index contributed by atoms with van der Waals surface area (Å²) >= 11 is 3.02. The molecule has 0 fully saturated rings. The molecule has 2 aromatic heterocycles. The summed E-state index contributed by atoms with van der Waals surface area (Å²) in [5.74, 6) is 0.317. The van der Waals surface area contributed by atoms with Gasteiger partial charge in [-0.25, -0.2) is 4.98 Å². The molecule has 1 amide bonds. The van der Waals surface area contributed by atoms with Gasteiger partial charge in [0.15, 0.2) is 5.16 Å². The average Bonchev–Trinajstić information content (AvgIpc) is 3.17. The number of hydrogen-bond acceptors (Lipinski definition) is 5. The lowest BCUT2D eigenvalue weighted by atomic mass is 9.97. The molecule has 0 bridgehead atoms. The maximum Gasteiger partial charge on any atom is 0.263 e. The number of rotatable bonds is 5. The first-order valence-electron chi connectivity index (χ1n) is 11.2. The van der Waals surface area contributed by atoms with Crippen LogP contribution in [0.1, 0.15) is 42.2 Å². The summed E-state index contributed by atoms with van der Waals surface area (Å²) in [4.78, 5) is 35.6. The Morgan fingerprint density at radius 2 is 2.00 bits per heavy atom. The van der Waals surface area contributed by atoms with E-state index in [1.807, 2.05) is 30.0 Å². The second-order valence-corrected chi connectivity index (χ2v) is 10.7. The summed E-state index contributed by atoms with van der Waals surface area (Å²) < 4.78 is 1.72. The molecular formula is C25H27N3O2S2. The largest absolute Gasteiger partial charge is 0.311 e. The molecule has 0 radical (unpaired) electrons. The van der Waals surface area contributed by atoms with Gasteiger partial charge in [0.2, 0.25) is 5.91 Å². The predicted octanol–water partition coefficient (Wildman–Crippen LogP) is 4.98. The van der Waals surface area contributed by atoms with Crippen molar-refractivity contribution in [1.29, 1.82) is 0 Å². The number of carbonyl (C=O) groups excluding carboxylic acids is 1. The van der Waals surface area contributed by atoms with Gasteiger partial charge in [0.05, 0.1) is 11.1 Å². The first kappa shape index (κ1) is 21.5. The third kappa shape index (κ3) is 3.92. The van der Waals surface area contributed by atoms with Crippen LogP contribution in [0, 0.1) is 0 Å². The minimum Gasteiger partial charge on any atom is -0.311 e. The lowest BCUT2D eigenvalue weighted by Gasteiger charge is -2.29. The number of anilines is 1. The Kier molecular flexibility index (Phi) is 5.95. The molecule has 5 rings (SSSR count). The molecule has 0 saturated carbocycles. The Bertz CT molecular complexity index is 1270. The molecule has 32 heavy (non-hydrogen) atoms. The fourth-order valence-corrected chi connectivity index (χ4v) is 6.91. The van der Waals surface area contributed by atoms with E-state index in [1.165, 1.54) is 34.2 Å². The van der Waals surface area contributed by atoms with E-state index >= 15 is 0 Å². The van der Waals surface area contributed by atoms with Crippen molar-refractivity contribution in [3.05, 3.63) is 62.8 Å². The molecule has 3 aromatic rings. The van der Waals surface area contributed by atoms with E-state index < -0.39 is 0 Å². The Morgan fingerprint density at radius 3 is 2.84 bits per heavy atom. The smallest absolute Gasteiger partial charge is 0.263 e. The summed E-state index contributed by atoms with van der Waals surface area (Å²) in [6, 6.07) is 8.13. The number of thioether (sulfide) groups is 1. The predicted molar refractivity (Wildman–Crippen MR) is 133 cm³/mol. The summed E-state index contributed by atoms with van der Waals surface area (Å²) in [5.41, 5.74) is 4.34. The van der Waals surface area contributed by atoms with Crippen molar-refractivity contribution in [3.63, 3.8) is 0 Å². The molecule has 0 N–H and O–H groups in total. The number of hydrogen-bond donors (Lipinski definition) is 0. The van der Waals surface area contributed by atoms with E-state index in [1.54, 1.807) is 15.9 Å². The molecule has 0 unspecified atom stereocenters. The third-order valence-electron chi connectivity index (χ3n) is 6.20. The summed E-state index contributed by atoms with van der Waals surface area (Å²) in [7, 11) is 0. The Balaban J connectivity index is 1.47. The van der Waals surface area contributed by atoms with Crippen LogP contribution in [-0.4, -0.2) is 27.8 Å². The van der Waals surface area contributed by atoms with Gasteiger partial charge in [0.1, 0.15) is 4.83 Å². The van der Waals surface area contributed by atoms with Gasteiger partial charge in [-0.3, -0.25) is 14.2 Å². The quantitative estimate of drug-likeness (QED) is 0.303. The van der Waals surface area contributed by atoms with Gasteiger partial charge in [-0.1, -0.05) is 42.1 Å². The van der Waals surface area contributed by atoms with Crippen LogP contribution >= 0.6 is 23.1 Å². The van der Waals surface area contributed by atoms with Crippen LogP contribution in [0.15, 0.2) is 46.4 Å². The fourth-order valence-electron chi connectivity index (χ4n) is 4.74. The Labute approximate surface area is 196 Å². The maximum atomic E-state index is 13.5. The number of aryl methyl sites for hydroxylation is 3. The van der Waals surface area contributed by atoms with Crippen LogP contribution in [0.2, 0.25) is 0 Å². The van der Waals surface area contributed by atoms with Crippen molar-refractivity contribution < 1.29 is 4.79 Å². The Morgan fingerprint density at radius 1 is 1.19 bits per heavy atom. The number of fused-ring (bicyclic) bond motifs is 4. The first-order chi connectivity index (χ1) is 15.5. The molecule has 0 spiro atoms. The van der Waals surface area contributed by atoms with Gasteiger partial charge in [-0.2, -0.15) is 0 Å². The standard InChI is InChI=1S/C25H27N3O2S2/c1-16(2)14-28-24(30)22-18-10-4-6-12-20(18)32-23(22)26-25(28)31-15-21(29)27-13-7-9-17-8-3-5-11-19(17)27/h3,5,8,11H,1,4,6-7,9-10,12-15H2,2H3. The number of benzene rings is 1. The molecule has 7 heteroatoms. The minimum atomic E-state index is 0.00988. The van der Waals surface area contributed by atoms with Crippen LogP contribution in [-0.2, 0) is 30.6 Å². The van der Waals surface area contributed by atoms with E-state index in [0.717, 1.165) is 60.1 Å². The van der Waals surface area contributed by atoms with Crippen molar-refractivity contribution in [3.8, 4) is 0 Å². The molecule has 0 saturated heterocycles. The topological polar surface area (TPSA) is 55.2 Å². The molecule has 3 heterocycles. The summed E-state index contributed by atoms with van der Waals surface area (Å²) in [6.07, 6.45) is 6.27. The number of amides is 1. The van der Waals surface area contributed by atoms with Crippen LogP contribution in [0.4, 0.5) is 5.69 Å². The second-order valence-electron chi connectivity index (χ2n) is 8.70. The van der Waals surface area contributed by atoms with Crippen molar-refractivity contribution in [1.82, 2.24) is 9.55 Å². The third-order valence-corrected chi connectivity index (χ3v) is 8.35. The maximum absolute atomic E-state index is 13.5. The van der Waals surface area contributed by atoms with E-state index in [0.29, 0.717) is 11.7 Å². The van der Waals surface area contributed by atoms with Gasteiger partial charge in [0.25, 0.3) is 5.56 Å². The highest BCUT2D eigenvalue weighted by molar-refractivity contribution is 7.99. The molecule has 166 valence electrons. The molecule has 1 aliphatic heterocycles. The highest BCUT2D eigenvalue weighted by atomic mass is 32.2. The number of nitrogens with zero attached hydrogens (tertiary/aromatic N) is 3. The number of allylic oxidation sites excluding steroid dienone is 1. The van der Waals surface area contributed by atoms with Crippen LogP contribution < -0.4 is 10.5 Å². The SMILES string of the molecule is C=C(C)Cn1c(SCC(=O)N2CCCc3ccccc32)nc2sc3c(c2c1=O)CCCC3. The molecule has 1 aromatic carbocycles. The van der Waals surface area contributed by atoms with Crippen LogP contribution in [0.3, 0.4) is 0 Å². The molecule has 0 atom stereocenters. The van der Waals surface area contributed by atoms with Crippen LogP contribution in [0.25, 0.3) is 10.2 Å². The van der Waals surface area contributed by atoms with E-state index in [2.05, 4.69) is 12.6 Å². The lowest BCUT2D eigenvalue weighted by molar-refractivity contribution is -0.116. The van der Waals surface area contributed by atoms with Gasteiger partial charge in [-0.05, 0) is 62.6 Å². The Hall–Kier alpha value is -2.38. The van der Waals surface area contributed by atoms with Crippen LogP contribution in [0.5, 0.6) is 0 Å². The van der Waals surface area contributed by atoms with E-state index in [-0.39, 0.29) is 17.2 Å². The molecule has 5 nitrogen and oxygen atoms in total. The highest BCUT2D eigenvalue weighted by Gasteiger charge is 2.25. The molecule has 2 aliphatic rings. The van der Waals surface area contributed by atoms with Crippen molar-refractivity contribution in [2.75, 3.05) is 17.2 Å². The lowest BCUT2D eigenvalue weighted by Crippen LogP contribution is -2.36. The van der Waals surface area contributed by atoms with Gasteiger partial charge < -0.3 is 4.90 Å². The van der Waals surface area contributed by atoms with Gasteiger partial charge >= 0.3 is 0 Å². The van der Waals surface area contributed by atoms with Gasteiger partial charge in [0, 0.05) is 23.7 Å². The van der Waals surface area contributed by atoms with E-state index in [4.69, 9.17) is 4.98 Å². The number of thiophene rings is 1. The summed E-state index contributed by atoms with van der Waals surface area (Å²) in [5, 5.41) is 1.40. The molecular weight excluding hydrogens is 438 g/mol. The van der Waals surface area contributed by atoms with Crippen molar-refractivity contribution >= 4 is 44.9 Å². The fraction of sp³-hybridized carbons (Fsp3) is 0.400. The minimum absolute atomic E-state index is 0.00988. The first-order valence-corrected chi connectivity index (χ1v) is 13.0. The van der Waals surface area contributed by atoms with Crippen molar-refractivity contribution in [2.45, 2.75) is 57.1 Å². The number of para-hydroxylation sites is 1. The summed E-state index contributed by atoms with van der Waals surface area (Å²) in [6.45, 7) is 7.09. The zero-order chi connectivity index (χ0) is 22.2. The zero-order valence-electron chi connectivity index (χ0n) is 18.4. The van der Waals surface area contributed by atoms with Crippen molar-refractivity contribution in [2.24, 2.45) is 0 Å². The number of aromatic nitrogens is 2. The monoisotopic (exact) mass is 465 g/mol. The average molecular weight is 466 g/mol. The van der Waals surface area contributed by atoms with Gasteiger partial charge in [-0.15, -0.1) is 11.3 Å². The zero-order valence-corrected chi connectivity index (χ0v) is 20.0.